The topological polar surface area (TPSA) is 30.7 Å². The summed E-state index contributed by atoms with van der Waals surface area (Å²) in [5.41, 5.74) is 2.09. The predicted molar refractivity (Wildman–Crippen MR) is 94.9 cm³/mol. The van der Waals surface area contributed by atoms with Crippen molar-refractivity contribution in [2.45, 2.75) is 44.9 Å². The van der Waals surface area contributed by atoms with Crippen molar-refractivity contribution in [3.8, 4) is 0 Å². The fraction of sp³-hybridized carbons (Fsp3) is 0.381. The molecule has 0 bridgehead atoms. The van der Waals surface area contributed by atoms with Gasteiger partial charge in [0, 0.05) is 18.4 Å². The Kier molecular flexibility index (Phi) is 6.63. The Balaban J connectivity index is 0.00000225. The average molecular weight is 360 g/mol. The van der Waals surface area contributed by atoms with Gasteiger partial charge in [0.25, 0.3) is 0 Å². The van der Waals surface area contributed by atoms with Crippen LogP contribution in [0, 0.1) is 0 Å². The van der Waals surface area contributed by atoms with E-state index in [1.165, 1.54) is 5.56 Å². The molecule has 1 fully saturated rings. The second-order valence-electron chi connectivity index (χ2n) is 7.29. The van der Waals surface area contributed by atoms with Gasteiger partial charge in [-0.1, -0.05) is 48.5 Å². The van der Waals surface area contributed by atoms with E-state index in [1.807, 2.05) is 30.3 Å². The maximum atomic E-state index is 12.3. The number of hydrogen-bond donors (Lipinski definition) is 1. The van der Waals surface area contributed by atoms with Crippen molar-refractivity contribution >= 4 is 5.97 Å². The third-order valence-corrected chi connectivity index (χ3v) is 5.01. The highest BCUT2D eigenvalue weighted by molar-refractivity contribution is 5.89. The van der Waals surface area contributed by atoms with Crippen molar-refractivity contribution in [3.63, 3.8) is 0 Å². The number of carbonyl (C=O) groups excluding carboxylic acids is 1. The van der Waals surface area contributed by atoms with Crippen LogP contribution in [0.25, 0.3) is 0 Å². The summed E-state index contributed by atoms with van der Waals surface area (Å²) in [7, 11) is 0. The second-order valence-corrected chi connectivity index (χ2v) is 7.29. The van der Waals surface area contributed by atoms with Crippen LogP contribution in [0.3, 0.4) is 0 Å². The fourth-order valence-corrected chi connectivity index (χ4v) is 3.55. The number of halogens is 1. The summed E-state index contributed by atoms with van der Waals surface area (Å²) < 4.78 is 5.76. The first-order valence-electron chi connectivity index (χ1n) is 8.70. The van der Waals surface area contributed by atoms with Crippen LogP contribution in [0.2, 0.25) is 0 Å². The molecule has 2 aromatic rings. The molecule has 2 unspecified atom stereocenters. The Bertz CT molecular complexity index is 673. The molecule has 4 heteroatoms. The molecule has 0 spiro atoms. The van der Waals surface area contributed by atoms with Crippen LogP contribution >= 0.6 is 0 Å². The molecular weight excluding hydrogens is 334 g/mol. The molecule has 3 rings (SSSR count). The van der Waals surface area contributed by atoms with Gasteiger partial charge >= 0.3 is 5.97 Å². The minimum atomic E-state index is -0.206. The van der Waals surface area contributed by atoms with Gasteiger partial charge in [-0.15, -0.1) is 0 Å². The third kappa shape index (κ3) is 5.07. The summed E-state index contributed by atoms with van der Waals surface area (Å²) in [5, 5.41) is 0. The van der Waals surface area contributed by atoms with Crippen LogP contribution in [0.15, 0.2) is 60.7 Å². The highest BCUT2D eigenvalue weighted by atomic mass is 35.5. The van der Waals surface area contributed by atoms with E-state index in [0.29, 0.717) is 5.56 Å². The Hall–Kier alpha value is -1.84. The number of nitrogens with one attached hydrogen (secondary N) is 1. The molecule has 1 saturated heterocycles. The van der Waals surface area contributed by atoms with Gasteiger partial charge in [0.1, 0.15) is 12.6 Å². The van der Waals surface area contributed by atoms with Gasteiger partial charge in [-0.2, -0.15) is 0 Å². The van der Waals surface area contributed by atoms with E-state index in [-0.39, 0.29) is 30.0 Å². The maximum Gasteiger partial charge on any atom is 0.338 e. The first-order valence-corrected chi connectivity index (χ1v) is 8.70. The summed E-state index contributed by atoms with van der Waals surface area (Å²) in [6.07, 6.45) is 1.82. The van der Waals surface area contributed by atoms with Crippen LogP contribution in [-0.4, -0.2) is 24.2 Å². The lowest BCUT2D eigenvalue weighted by Gasteiger charge is -2.42. The number of hydrogen-bond acceptors (Lipinski definition) is 2. The molecule has 1 N–H and O–H groups in total. The second kappa shape index (κ2) is 8.50. The predicted octanol–water partition coefficient (Wildman–Crippen LogP) is -0.126. The molecule has 1 aliphatic heterocycles. The smallest absolute Gasteiger partial charge is 0.338 e. The van der Waals surface area contributed by atoms with Crippen molar-refractivity contribution in [2.75, 3.05) is 6.54 Å². The SMILES string of the molecule is CC1(C)CC(OC(=O)c2ccccc2)CC[NH+]1Cc1ccccc1.[Cl-]. The number of rotatable bonds is 4. The molecule has 1 aliphatic rings. The Labute approximate surface area is 156 Å². The number of benzene rings is 2. The number of piperidine rings is 1. The molecule has 0 saturated carbocycles. The number of ether oxygens (including phenoxy) is 1. The largest absolute Gasteiger partial charge is 1.00 e. The molecule has 0 aliphatic carbocycles. The van der Waals surface area contributed by atoms with Gasteiger partial charge < -0.3 is 22.0 Å². The minimum absolute atomic E-state index is 0. The molecule has 1 heterocycles. The van der Waals surface area contributed by atoms with Crippen molar-refractivity contribution in [2.24, 2.45) is 0 Å². The van der Waals surface area contributed by atoms with E-state index in [1.54, 1.807) is 4.90 Å². The van der Waals surface area contributed by atoms with Crippen LogP contribution in [0.5, 0.6) is 0 Å². The van der Waals surface area contributed by atoms with E-state index in [9.17, 15) is 4.79 Å². The van der Waals surface area contributed by atoms with Gasteiger partial charge in [0.05, 0.1) is 17.6 Å². The van der Waals surface area contributed by atoms with Gasteiger partial charge in [-0.05, 0) is 26.0 Å². The monoisotopic (exact) mass is 359 g/mol. The van der Waals surface area contributed by atoms with Gasteiger partial charge in [0.15, 0.2) is 0 Å². The molecule has 134 valence electrons. The number of esters is 1. The number of likely N-dealkylation sites (tertiary alicyclic amines) is 1. The molecule has 0 aromatic heterocycles. The van der Waals surface area contributed by atoms with E-state index >= 15 is 0 Å². The first kappa shape index (κ1) is 19.5. The Morgan fingerprint density at radius 3 is 2.28 bits per heavy atom. The Morgan fingerprint density at radius 1 is 1.08 bits per heavy atom. The molecule has 3 nitrogen and oxygen atoms in total. The van der Waals surface area contributed by atoms with Crippen LogP contribution in [-0.2, 0) is 11.3 Å². The van der Waals surface area contributed by atoms with E-state index < -0.39 is 0 Å². The van der Waals surface area contributed by atoms with Gasteiger partial charge in [-0.25, -0.2) is 4.79 Å². The zero-order valence-electron chi connectivity index (χ0n) is 14.9. The highest BCUT2D eigenvalue weighted by Gasteiger charge is 2.39. The van der Waals surface area contributed by atoms with Crippen LogP contribution < -0.4 is 17.3 Å². The third-order valence-electron chi connectivity index (χ3n) is 5.01. The molecule has 25 heavy (non-hydrogen) atoms. The molecule has 2 atom stereocenters. The quantitative estimate of drug-likeness (QED) is 0.771. The number of carbonyl (C=O) groups is 1. The van der Waals surface area contributed by atoms with Gasteiger partial charge in [-0.3, -0.25) is 0 Å². The van der Waals surface area contributed by atoms with E-state index in [2.05, 4.69) is 44.2 Å². The highest BCUT2D eigenvalue weighted by Crippen LogP contribution is 2.19. The lowest BCUT2D eigenvalue weighted by Crippen LogP contribution is -3.19. The molecular formula is C21H26ClNO2. The first-order chi connectivity index (χ1) is 11.5. The minimum Gasteiger partial charge on any atom is -1.00 e. The lowest BCUT2D eigenvalue weighted by atomic mass is 9.88. The summed E-state index contributed by atoms with van der Waals surface area (Å²) in [4.78, 5) is 13.8. The number of quaternary nitrogens is 1. The van der Waals surface area contributed by atoms with Crippen molar-refractivity contribution in [1.82, 2.24) is 0 Å². The zero-order valence-corrected chi connectivity index (χ0v) is 15.6. The van der Waals surface area contributed by atoms with Crippen molar-refractivity contribution < 1.29 is 26.8 Å². The Morgan fingerprint density at radius 2 is 1.68 bits per heavy atom. The van der Waals surface area contributed by atoms with E-state index in [4.69, 9.17) is 4.74 Å². The summed E-state index contributed by atoms with van der Waals surface area (Å²) in [6.45, 7) is 6.59. The van der Waals surface area contributed by atoms with Crippen molar-refractivity contribution in [3.05, 3.63) is 71.8 Å². The standard InChI is InChI=1S/C21H25NO2.ClH/c1-21(2)15-19(24-20(23)18-11-7-4-8-12-18)13-14-22(21)16-17-9-5-3-6-10-17;/h3-12,19H,13-16H2,1-2H3;1H. The summed E-state index contributed by atoms with van der Waals surface area (Å²) >= 11 is 0. The maximum absolute atomic E-state index is 12.3. The lowest BCUT2D eigenvalue weighted by molar-refractivity contribution is -0.968. The van der Waals surface area contributed by atoms with E-state index in [0.717, 1.165) is 25.9 Å². The average Bonchev–Trinajstić information content (AvgIpc) is 2.58. The zero-order chi connectivity index (χ0) is 17.0. The summed E-state index contributed by atoms with van der Waals surface area (Å²) in [6, 6.07) is 19.9. The fourth-order valence-electron chi connectivity index (χ4n) is 3.55. The van der Waals surface area contributed by atoms with Gasteiger partial charge in [0.2, 0.25) is 0 Å². The molecule has 2 aromatic carbocycles. The molecule has 0 amide bonds. The van der Waals surface area contributed by atoms with Crippen molar-refractivity contribution in [1.29, 1.82) is 0 Å². The summed E-state index contributed by atoms with van der Waals surface area (Å²) in [5.74, 6) is -0.206. The van der Waals surface area contributed by atoms with Crippen LogP contribution in [0.1, 0.15) is 42.6 Å². The molecule has 0 radical (unpaired) electrons. The normalized spacial score (nSPS) is 21.8. The van der Waals surface area contributed by atoms with Crippen LogP contribution in [0.4, 0.5) is 0 Å².